The zero-order chi connectivity index (χ0) is 17.5. The summed E-state index contributed by atoms with van der Waals surface area (Å²) in [5.74, 6) is 1.61. The lowest BCUT2D eigenvalue weighted by atomic mass is 10.1. The second kappa shape index (κ2) is 9.09. The molecule has 0 aromatic heterocycles. The Bertz CT molecular complexity index is 570. The molecule has 1 fully saturated rings. The van der Waals surface area contributed by atoms with Crippen LogP contribution in [0.2, 0.25) is 0 Å². The molecule has 138 valence electrons. The lowest BCUT2D eigenvalue weighted by molar-refractivity contribution is -0.121. The van der Waals surface area contributed by atoms with Crippen molar-refractivity contribution in [2.45, 2.75) is 51.5 Å². The van der Waals surface area contributed by atoms with Crippen LogP contribution in [0.25, 0.3) is 0 Å². The maximum absolute atomic E-state index is 12.5. The van der Waals surface area contributed by atoms with E-state index >= 15 is 0 Å². The van der Waals surface area contributed by atoms with Crippen LogP contribution in [0.3, 0.4) is 0 Å². The molecule has 1 aromatic rings. The maximum Gasteiger partial charge on any atom is 0.224 e. The summed E-state index contributed by atoms with van der Waals surface area (Å²) in [5.41, 5.74) is 0.967. The van der Waals surface area contributed by atoms with E-state index in [0.29, 0.717) is 19.6 Å². The molecule has 0 spiro atoms. The Morgan fingerprint density at radius 1 is 1.12 bits per heavy atom. The second-order valence-electron chi connectivity index (χ2n) is 7.04. The molecule has 1 saturated heterocycles. The van der Waals surface area contributed by atoms with E-state index in [-0.39, 0.29) is 11.9 Å². The van der Waals surface area contributed by atoms with Gasteiger partial charge in [0.25, 0.3) is 0 Å². The fraction of sp³-hybridized carbons (Fsp3) is 0.650. The van der Waals surface area contributed by atoms with Gasteiger partial charge in [-0.1, -0.05) is 19.4 Å². The van der Waals surface area contributed by atoms with Gasteiger partial charge in [0.1, 0.15) is 0 Å². The first kappa shape index (κ1) is 18.1. The minimum atomic E-state index is 0.0818. The number of rotatable bonds is 6. The van der Waals surface area contributed by atoms with Gasteiger partial charge in [0.2, 0.25) is 5.91 Å². The van der Waals surface area contributed by atoms with Crippen molar-refractivity contribution in [3.05, 3.63) is 23.8 Å². The van der Waals surface area contributed by atoms with Crippen LogP contribution in [0, 0.1) is 0 Å². The van der Waals surface area contributed by atoms with E-state index in [2.05, 4.69) is 17.1 Å². The standard InChI is InChI=1S/C20H30N2O3/c1-2-17(15-22-9-4-3-5-10-22)21-20(23)14-16-7-8-18-19(13-16)25-12-6-11-24-18/h7-8,13,17H,2-6,9-12,14-15H2,1H3,(H,21,23). The summed E-state index contributed by atoms with van der Waals surface area (Å²) in [6.07, 6.45) is 6.13. The van der Waals surface area contributed by atoms with Gasteiger partial charge in [0.05, 0.1) is 19.6 Å². The number of hydrogen-bond donors (Lipinski definition) is 1. The number of fused-ring (bicyclic) bond motifs is 1. The molecule has 1 atom stereocenters. The van der Waals surface area contributed by atoms with Gasteiger partial charge in [-0.05, 0) is 50.0 Å². The van der Waals surface area contributed by atoms with Crippen molar-refractivity contribution in [2.75, 3.05) is 32.8 Å². The van der Waals surface area contributed by atoms with Crippen LogP contribution in [0.4, 0.5) is 0 Å². The summed E-state index contributed by atoms with van der Waals surface area (Å²) < 4.78 is 11.4. The van der Waals surface area contributed by atoms with Crippen LogP contribution in [-0.4, -0.2) is 49.7 Å². The average Bonchev–Trinajstić information content (AvgIpc) is 2.87. The smallest absolute Gasteiger partial charge is 0.224 e. The molecule has 5 heteroatoms. The van der Waals surface area contributed by atoms with E-state index in [1.807, 2.05) is 18.2 Å². The molecule has 0 saturated carbocycles. The van der Waals surface area contributed by atoms with Crippen LogP contribution in [-0.2, 0) is 11.2 Å². The zero-order valence-electron chi connectivity index (χ0n) is 15.3. The molecule has 25 heavy (non-hydrogen) atoms. The normalized spacial score (nSPS) is 19.1. The van der Waals surface area contributed by atoms with E-state index in [1.165, 1.54) is 19.3 Å². The molecule has 1 unspecified atom stereocenters. The number of carbonyl (C=O) groups is 1. The lowest BCUT2D eigenvalue weighted by Gasteiger charge is -2.30. The number of benzene rings is 1. The fourth-order valence-electron chi connectivity index (χ4n) is 3.51. The van der Waals surface area contributed by atoms with Gasteiger partial charge in [-0.3, -0.25) is 4.79 Å². The topological polar surface area (TPSA) is 50.8 Å². The molecule has 2 aliphatic heterocycles. The van der Waals surface area contributed by atoms with Crippen molar-refractivity contribution in [2.24, 2.45) is 0 Å². The van der Waals surface area contributed by atoms with Crippen LogP contribution in [0.15, 0.2) is 18.2 Å². The lowest BCUT2D eigenvalue weighted by Crippen LogP contribution is -2.45. The summed E-state index contributed by atoms with van der Waals surface area (Å²) >= 11 is 0. The fourth-order valence-corrected chi connectivity index (χ4v) is 3.51. The number of amides is 1. The predicted octanol–water partition coefficient (Wildman–Crippen LogP) is 2.77. The third kappa shape index (κ3) is 5.36. The molecule has 1 amide bonds. The Kier molecular flexibility index (Phi) is 6.56. The molecule has 1 N–H and O–H groups in total. The molecule has 2 heterocycles. The molecule has 5 nitrogen and oxygen atoms in total. The maximum atomic E-state index is 12.5. The first-order valence-corrected chi connectivity index (χ1v) is 9.65. The van der Waals surface area contributed by atoms with Gasteiger partial charge < -0.3 is 19.7 Å². The van der Waals surface area contributed by atoms with Gasteiger partial charge in [0.15, 0.2) is 11.5 Å². The van der Waals surface area contributed by atoms with Gasteiger partial charge >= 0.3 is 0 Å². The summed E-state index contributed by atoms with van der Waals surface area (Å²) in [4.78, 5) is 14.9. The molecular weight excluding hydrogens is 316 g/mol. The van der Waals surface area contributed by atoms with Crippen molar-refractivity contribution in [1.82, 2.24) is 10.2 Å². The van der Waals surface area contributed by atoms with Crippen LogP contribution in [0.1, 0.15) is 44.6 Å². The van der Waals surface area contributed by atoms with Gasteiger partial charge in [-0.2, -0.15) is 0 Å². The quantitative estimate of drug-likeness (QED) is 0.860. The Labute approximate surface area is 150 Å². The summed E-state index contributed by atoms with van der Waals surface area (Å²) in [5, 5.41) is 3.20. The molecule has 0 aliphatic carbocycles. The number of nitrogens with zero attached hydrogens (tertiary/aromatic N) is 1. The van der Waals surface area contributed by atoms with E-state index in [0.717, 1.165) is 49.5 Å². The zero-order valence-corrected chi connectivity index (χ0v) is 15.3. The molecule has 0 bridgehead atoms. The Morgan fingerprint density at radius 2 is 1.88 bits per heavy atom. The third-order valence-corrected chi connectivity index (χ3v) is 4.96. The third-order valence-electron chi connectivity index (χ3n) is 4.96. The molecular formula is C20H30N2O3. The first-order valence-electron chi connectivity index (χ1n) is 9.65. The molecule has 2 aliphatic rings. The van der Waals surface area contributed by atoms with Crippen LogP contribution in [0.5, 0.6) is 11.5 Å². The van der Waals surface area contributed by atoms with E-state index in [4.69, 9.17) is 9.47 Å². The minimum Gasteiger partial charge on any atom is -0.490 e. The van der Waals surface area contributed by atoms with Crippen molar-refractivity contribution in [3.8, 4) is 11.5 Å². The summed E-state index contributed by atoms with van der Waals surface area (Å²) in [7, 11) is 0. The highest BCUT2D eigenvalue weighted by Gasteiger charge is 2.18. The van der Waals surface area contributed by atoms with Gasteiger partial charge in [0, 0.05) is 19.0 Å². The highest BCUT2D eigenvalue weighted by Crippen LogP contribution is 2.30. The molecule has 3 rings (SSSR count). The monoisotopic (exact) mass is 346 g/mol. The number of carbonyl (C=O) groups excluding carboxylic acids is 1. The predicted molar refractivity (Wildman–Crippen MR) is 98.3 cm³/mol. The minimum absolute atomic E-state index is 0.0818. The number of ether oxygens (including phenoxy) is 2. The summed E-state index contributed by atoms with van der Waals surface area (Å²) in [6.45, 7) is 6.77. The van der Waals surface area contributed by atoms with Gasteiger partial charge in [-0.15, -0.1) is 0 Å². The van der Waals surface area contributed by atoms with E-state index < -0.39 is 0 Å². The van der Waals surface area contributed by atoms with Crippen molar-refractivity contribution in [3.63, 3.8) is 0 Å². The Balaban J connectivity index is 1.53. The number of likely N-dealkylation sites (tertiary alicyclic amines) is 1. The Hall–Kier alpha value is -1.75. The second-order valence-corrected chi connectivity index (χ2v) is 7.04. The SMILES string of the molecule is CCC(CN1CCCCC1)NC(=O)Cc1ccc2c(c1)OCCCO2. The molecule has 0 radical (unpaired) electrons. The molecule has 1 aromatic carbocycles. The van der Waals surface area contributed by atoms with E-state index in [9.17, 15) is 4.79 Å². The first-order chi connectivity index (χ1) is 12.2. The van der Waals surface area contributed by atoms with Crippen molar-refractivity contribution in [1.29, 1.82) is 0 Å². The van der Waals surface area contributed by atoms with Gasteiger partial charge in [-0.25, -0.2) is 0 Å². The van der Waals surface area contributed by atoms with E-state index in [1.54, 1.807) is 0 Å². The van der Waals surface area contributed by atoms with Crippen LogP contribution < -0.4 is 14.8 Å². The number of piperidine rings is 1. The number of nitrogens with one attached hydrogen (secondary N) is 1. The summed E-state index contributed by atoms with van der Waals surface area (Å²) in [6, 6.07) is 6.03. The Morgan fingerprint density at radius 3 is 2.64 bits per heavy atom. The van der Waals surface area contributed by atoms with Crippen molar-refractivity contribution >= 4 is 5.91 Å². The highest BCUT2D eigenvalue weighted by atomic mass is 16.5. The average molecular weight is 346 g/mol. The number of hydrogen-bond acceptors (Lipinski definition) is 4. The van der Waals surface area contributed by atoms with Crippen molar-refractivity contribution < 1.29 is 14.3 Å². The van der Waals surface area contributed by atoms with Crippen LogP contribution >= 0.6 is 0 Å². The highest BCUT2D eigenvalue weighted by molar-refractivity contribution is 5.79. The largest absolute Gasteiger partial charge is 0.490 e.